The van der Waals surface area contributed by atoms with Crippen LogP contribution >= 0.6 is 11.3 Å². The number of hydrogen-bond acceptors (Lipinski definition) is 7. The van der Waals surface area contributed by atoms with Crippen LogP contribution in [-0.2, 0) is 21.8 Å². The van der Waals surface area contributed by atoms with E-state index in [1.165, 1.54) is 23.9 Å². The second-order valence-electron chi connectivity index (χ2n) is 9.49. The Bertz CT molecular complexity index is 1430. The molecular formula is C25H29N3O6S2. The fourth-order valence-corrected chi connectivity index (χ4v) is 8.53. The van der Waals surface area contributed by atoms with Gasteiger partial charge in [0.2, 0.25) is 0 Å². The van der Waals surface area contributed by atoms with Crippen molar-refractivity contribution >= 4 is 44.1 Å². The molecule has 3 aromatic rings. The Balaban J connectivity index is 1.29. The number of rotatable bonds is 5. The lowest BCUT2D eigenvalue weighted by Gasteiger charge is -2.39. The van der Waals surface area contributed by atoms with Gasteiger partial charge in [-0.2, -0.15) is 4.31 Å². The van der Waals surface area contributed by atoms with Crippen LogP contribution in [0.25, 0.3) is 10.9 Å². The Kier molecular flexibility index (Phi) is 6.34. The molecule has 2 aliphatic heterocycles. The summed E-state index contributed by atoms with van der Waals surface area (Å²) in [6, 6.07) is 9.86. The number of carbonyl (C=O) groups excluding carboxylic acids is 2. The van der Waals surface area contributed by atoms with Crippen LogP contribution in [0.3, 0.4) is 0 Å². The molecule has 0 radical (unpaired) electrons. The van der Waals surface area contributed by atoms with E-state index < -0.39 is 16.0 Å². The lowest BCUT2D eigenvalue weighted by molar-refractivity contribution is 0.0585. The van der Waals surface area contributed by atoms with E-state index in [1.54, 1.807) is 0 Å². The number of esters is 1. The molecule has 192 valence electrons. The van der Waals surface area contributed by atoms with Crippen molar-refractivity contribution in [2.24, 2.45) is 12.5 Å². The average Bonchev–Trinajstić information content (AvgIpc) is 3.60. The number of fused-ring (bicyclic) bond motifs is 1. The molecule has 0 atom stereocenters. The van der Waals surface area contributed by atoms with Gasteiger partial charge in [-0.1, -0.05) is 18.2 Å². The lowest BCUT2D eigenvalue weighted by atomic mass is 9.78. The van der Waals surface area contributed by atoms with Crippen LogP contribution < -0.4 is 4.74 Å². The molecule has 5 rings (SSSR count). The first kappa shape index (κ1) is 24.8. The highest BCUT2D eigenvalue weighted by atomic mass is 32.2. The van der Waals surface area contributed by atoms with E-state index in [9.17, 15) is 18.0 Å². The number of ether oxygens (including phenoxy) is 2. The summed E-state index contributed by atoms with van der Waals surface area (Å²) < 4.78 is 40.5. The number of hydrogen-bond donors (Lipinski definition) is 0. The molecule has 9 nitrogen and oxygen atoms in total. The first-order valence-electron chi connectivity index (χ1n) is 11.8. The van der Waals surface area contributed by atoms with Crippen molar-refractivity contribution in [3.05, 3.63) is 47.0 Å². The standard InChI is InChI=1S/C25H29N3O6S2/c1-26-19-7-5-4-6-17(19)14-20(26)22(29)27-11-8-25(9-12-27)10-13-28(16-25)36(31,32)24-21(33-2)18(15-35-24)23(30)34-3/h4-7,14-15H,8-13,16H2,1-3H3. The molecule has 1 spiro atoms. The minimum absolute atomic E-state index is 0.00434. The van der Waals surface area contributed by atoms with Crippen molar-refractivity contribution in [2.75, 3.05) is 40.4 Å². The summed E-state index contributed by atoms with van der Waals surface area (Å²) in [7, 11) is 0.666. The Morgan fingerprint density at radius 3 is 2.42 bits per heavy atom. The van der Waals surface area contributed by atoms with Crippen LogP contribution in [0.15, 0.2) is 39.9 Å². The van der Waals surface area contributed by atoms with Gasteiger partial charge in [0.15, 0.2) is 9.96 Å². The second-order valence-corrected chi connectivity index (χ2v) is 12.5. The number of thiophene rings is 1. The smallest absolute Gasteiger partial charge is 0.342 e. The fraction of sp³-hybridized carbons (Fsp3) is 0.440. The predicted molar refractivity (Wildman–Crippen MR) is 136 cm³/mol. The average molecular weight is 532 g/mol. The van der Waals surface area contributed by atoms with Gasteiger partial charge in [0, 0.05) is 49.5 Å². The van der Waals surface area contributed by atoms with E-state index in [-0.39, 0.29) is 26.8 Å². The third-order valence-electron chi connectivity index (χ3n) is 7.58. The van der Waals surface area contributed by atoms with Crippen molar-refractivity contribution in [3.63, 3.8) is 0 Å². The zero-order chi connectivity index (χ0) is 25.7. The highest BCUT2D eigenvalue weighted by molar-refractivity contribution is 7.91. The summed E-state index contributed by atoms with van der Waals surface area (Å²) >= 11 is 0.968. The molecule has 0 aliphatic carbocycles. The lowest BCUT2D eigenvalue weighted by Crippen LogP contribution is -2.45. The quantitative estimate of drug-likeness (QED) is 0.469. The van der Waals surface area contributed by atoms with E-state index in [0.717, 1.165) is 41.5 Å². The van der Waals surface area contributed by atoms with Crippen molar-refractivity contribution in [1.82, 2.24) is 13.8 Å². The van der Waals surface area contributed by atoms with Crippen molar-refractivity contribution in [3.8, 4) is 5.75 Å². The largest absolute Gasteiger partial charge is 0.494 e. The van der Waals surface area contributed by atoms with Gasteiger partial charge in [-0.3, -0.25) is 4.79 Å². The zero-order valence-electron chi connectivity index (χ0n) is 20.5. The molecule has 4 heterocycles. The number of piperidine rings is 1. The molecule has 0 N–H and O–H groups in total. The molecule has 36 heavy (non-hydrogen) atoms. The molecule has 11 heteroatoms. The molecule has 2 saturated heterocycles. The van der Waals surface area contributed by atoms with Gasteiger partial charge < -0.3 is 18.9 Å². The second kappa shape index (κ2) is 9.20. The van der Waals surface area contributed by atoms with Gasteiger partial charge >= 0.3 is 5.97 Å². The van der Waals surface area contributed by atoms with Crippen LogP contribution in [0.5, 0.6) is 5.75 Å². The Hall–Kier alpha value is -2.89. The number of benzene rings is 1. The molecule has 2 aromatic heterocycles. The van der Waals surface area contributed by atoms with Gasteiger partial charge in [-0.25, -0.2) is 13.2 Å². The van der Waals surface area contributed by atoms with Crippen molar-refractivity contribution in [1.29, 1.82) is 0 Å². The van der Waals surface area contributed by atoms with E-state index in [2.05, 4.69) is 0 Å². The van der Waals surface area contributed by atoms with E-state index in [0.29, 0.717) is 31.9 Å². The van der Waals surface area contributed by atoms with Gasteiger partial charge in [-0.05, 0) is 36.8 Å². The van der Waals surface area contributed by atoms with Crippen LogP contribution in [-0.4, -0.2) is 74.5 Å². The fourth-order valence-electron chi connectivity index (χ4n) is 5.42. The minimum Gasteiger partial charge on any atom is -0.494 e. The van der Waals surface area contributed by atoms with E-state index >= 15 is 0 Å². The molecule has 1 amide bonds. The van der Waals surface area contributed by atoms with Gasteiger partial charge in [0.05, 0.1) is 14.2 Å². The normalized spacial score (nSPS) is 18.1. The number of likely N-dealkylation sites (tertiary alicyclic amines) is 1. The molecule has 1 aromatic carbocycles. The maximum absolute atomic E-state index is 13.5. The van der Waals surface area contributed by atoms with Gasteiger partial charge in [0.25, 0.3) is 15.9 Å². The van der Waals surface area contributed by atoms with Gasteiger partial charge in [-0.15, -0.1) is 11.3 Å². The molecule has 0 saturated carbocycles. The summed E-state index contributed by atoms with van der Waals surface area (Å²) in [5.41, 5.74) is 1.62. The van der Waals surface area contributed by atoms with E-state index in [4.69, 9.17) is 9.47 Å². The number of para-hydroxylation sites is 1. The highest BCUT2D eigenvalue weighted by Crippen LogP contribution is 2.45. The first-order valence-corrected chi connectivity index (χ1v) is 14.1. The van der Waals surface area contributed by atoms with E-state index in [1.807, 2.05) is 46.8 Å². The van der Waals surface area contributed by atoms with Crippen LogP contribution in [0, 0.1) is 5.41 Å². The highest BCUT2D eigenvalue weighted by Gasteiger charge is 2.46. The summed E-state index contributed by atoms with van der Waals surface area (Å²) in [6.07, 6.45) is 2.22. The van der Waals surface area contributed by atoms with Crippen LogP contribution in [0.1, 0.15) is 40.1 Å². The Morgan fingerprint density at radius 1 is 1.06 bits per heavy atom. The van der Waals surface area contributed by atoms with Crippen LogP contribution in [0.4, 0.5) is 0 Å². The number of aryl methyl sites for hydroxylation is 1. The number of methoxy groups -OCH3 is 2. The third kappa shape index (κ3) is 3.99. The zero-order valence-corrected chi connectivity index (χ0v) is 22.2. The Labute approximate surface area is 214 Å². The summed E-state index contributed by atoms with van der Waals surface area (Å²) in [6.45, 7) is 1.96. The number of nitrogens with zero attached hydrogens (tertiary/aromatic N) is 3. The number of carbonyl (C=O) groups is 2. The van der Waals surface area contributed by atoms with Crippen molar-refractivity contribution < 1.29 is 27.5 Å². The number of sulfonamides is 1. The molecule has 2 fully saturated rings. The topological polar surface area (TPSA) is 98.2 Å². The summed E-state index contributed by atoms with van der Waals surface area (Å²) in [5.74, 6) is -0.599. The number of amides is 1. The maximum atomic E-state index is 13.5. The van der Waals surface area contributed by atoms with Crippen molar-refractivity contribution in [2.45, 2.75) is 23.5 Å². The SMILES string of the molecule is COC(=O)c1csc(S(=O)(=O)N2CCC3(CCN(C(=O)c4cc5ccccc5n4C)CC3)C2)c1OC. The predicted octanol–water partition coefficient (Wildman–Crippen LogP) is 3.35. The third-order valence-corrected chi connectivity index (χ3v) is 10.9. The maximum Gasteiger partial charge on any atom is 0.342 e. The minimum atomic E-state index is -3.84. The molecule has 2 aliphatic rings. The van der Waals surface area contributed by atoms with Gasteiger partial charge in [0.1, 0.15) is 11.3 Å². The monoisotopic (exact) mass is 531 g/mol. The summed E-state index contributed by atoms with van der Waals surface area (Å²) in [5, 5.41) is 2.49. The number of aromatic nitrogens is 1. The summed E-state index contributed by atoms with van der Waals surface area (Å²) in [4.78, 5) is 27.2. The first-order chi connectivity index (χ1) is 17.2. The molecule has 0 bridgehead atoms. The molecule has 0 unspecified atom stereocenters. The molecular weight excluding hydrogens is 502 g/mol. The van der Waals surface area contributed by atoms with Crippen LogP contribution in [0.2, 0.25) is 0 Å². The Morgan fingerprint density at radius 2 is 1.75 bits per heavy atom.